The predicted octanol–water partition coefficient (Wildman–Crippen LogP) is 4.25. The molecule has 106 valence electrons. The zero-order chi connectivity index (χ0) is 14.9. The summed E-state index contributed by atoms with van der Waals surface area (Å²) in [5, 5.41) is 2.95. The van der Waals surface area contributed by atoms with Gasteiger partial charge in [-0.2, -0.15) is 0 Å². The number of nitrogens with one attached hydrogen (secondary N) is 1. The van der Waals surface area contributed by atoms with Crippen LogP contribution in [0.4, 0.5) is 5.69 Å². The molecule has 2 rings (SSSR count). The second kappa shape index (κ2) is 5.53. The Morgan fingerprint density at radius 1 is 1.10 bits per heavy atom. The van der Waals surface area contributed by atoms with Crippen LogP contribution in [0.1, 0.15) is 47.2 Å². The van der Waals surface area contributed by atoms with E-state index in [0.29, 0.717) is 6.04 Å². The molecule has 1 N–H and O–H groups in total. The van der Waals surface area contributed by atoms with Gasteiger partial charge >= 0.3 is 0 Å². The predicted molar refractivity (Wildman–Crippen MR) is 83.4 cm³/mol. The Labute approximate surface area is 120 Å². The molecule has 20 heavy (non-hydrogen) atoms. The van der Waals surface area contributed by atoms with Gasteiger partial charge in [0.25, 0.3) is 5.91 Å². The quantitative estimate of drug-likeness (QED) is 0.889. The molecule has 3 nitrogen and oxygen atoms in total. The third-order valence-electron chi connectivity index (χ3n) is 3.55. The number of nitrogens with zero attached hydrogens (tertiary/aromatic N) is 1. The maximum Gasteiger partial charge on any atom is 0.257 e. The second-order valence-electron chi connectivity index (χ2n) is 5.57. The number of carbonyl (C=O) groups is 1. The van der Waals surface area contributed by atoms with E-state index < -0.39 is 0 Å². The van der Waals surface area contributed by atoms with Gasteiger partial charge in [-0.05, 0) is 52.8 Å². The number of carbonyl (C=O) groups excluding carboxylic acids is 1. The van der Waals surface area contributed by atoms with Gasteiger partial charge in [-0.3, -0.25) is 4.79 Å². The van der Waals surface area contributed by atoms with Gasteiger partial charge in [0.1, 0.15) is 0 Å². The number of amides is 1. The Kier molecular flexibility index (Phi) is 3.98. The fourth-order valence-corrected chi connectivity index (χ4v) is 2.64. The van der Waals surface area contributed by atoms with Gasteiger partial charge in [0.15, 0.2) is 0 Å². The number of aryl methyl sites for hydroxylation is 2. The lowest BCUT2D eigenvalue weighted by atomic mass is 10.2. The van der Waals surface area contributed by atoms with Crippen LogP contribution >= 0.6 is 0 Å². The van der Waals surface area contributed by atoms with Crippen LogP contribution in [0.3, 0.4) is 0 Å². The van der Waals surface area contributed by atoms with Gasteiger partial charge in [0.05, 0.1) is 5.56 Å². The maximum absolute atomic E-state index is 12.4. The van der Waals surface area contributed by atoms with E-state index >= 15 is 0 Å². The first-order chi connectivity index (χ1) is 9.40. The van der Waals surface area contributed by atoms with Crippen LogP contribution in [0.25, 0.3) is 0 Å². The summed E-state index contributed by atoms with van der Waals surface area (Å²) in [5.41, 5.74) is 4.89. The van der Waals surface area contributed by atoms with Crippen LogP contribution in [0.2, 0.25) is 0 Å². The molecule has 1 aromatic heterocycles. The maximum atomic E-state index is 12.4. The molecular formula is C17H22N2O. The fourth-order valence-electron chi connectivity index (χ4n) is 2.64. The highest BCUT2D eigenvalue weighted by Crippen LogP contribution is 2.21. The smallest absolute Gasteiger partial charge is 0.257 e. The molecule has 1 heterocycles. The minimum atomic E-state index is -0.0474. The molecule has 0 saturated carbocycles. The summed E-state index contributed by atoms with van der Waals surface area (Å²) in [4.78, 5) is 12.4. The average molecular weight is 270 g/mol. The standard InChI is InChI=1S/C17H22N2O/c1-11(2)19-13(4)10-16(14(19)5)17(20)18-15-8-6-12(3)7-9-15/h6-11H,1-5H3,(H,18,20). The van der Waals surface area contributed by atoms with Gasteiger partial charge in [-0.25, -0.2) is 0 Å². The van der Waals surface area contributed by atoms with E-state index in [9.17, 15) is 4.79 Å². The van der Waals surface area contributed by atoms with Gasteiger partial charge in [-0.1, -0.05) is 17.7 Å². The Bertz CT molecular complexity index is 621. The third kappa shape index (κ3) is 2.77. The molecule has 0 atom stereocenters. The molecular weight excluding hydrogens is 248 g/mol. The monoisotopic (exact) mass is 270 g/mol. The van der Waals surface area contributed by atoms with Crippen LogP contribution in [0.15, 0.2) is 30.3 Å². The van der Waals surface area contributed by atoms with E-state index in [1.54, 1.807) is 0 Å². The number of rotatable bonds is 3. The largest absolute Gasteiger partial charge is 0.346 e. The van der Waals surface area contributed by atoms with Crippen LogP contribution in [-0.4, -0.2) is 10.5 Å². The topological polar surface area (TPSA) is 34.0 Å². The van der Waals surface area contributed by atoms with Crippen molar-refractivity contribution in [2.45, 2.75) is 40.7 Å². The summed E-state index contributed by atoms with van der Waals surface area (Å²) in [6, 6.07) is 10.2. The van der Waals surface area contributed by atoms with Crippen molar-refractivity contribution >= 4 is 11.6 Å². The summed E-state index contributed by atoms with van der Waals surface area (Å²) in [6.45, 7) is 10.3. The van der Waals surface area contributed by atoms with Crippen LogP contribution in [0.5, 0.6) is 0 Å². The first kappa shape index (κ1) is 14.4. The van der Waals surface area contributed by atoms with Crippen molar-refractivity contribution in [1.29, 1.82) is 0 Å². The van der Waals surface area contributed by atoms with E-state index in [2.05, 4.69) is 23.7 Å². The number of hydrogen-bond donors (Lipinski definition) is 1. The molecule has 0 aliphatic rings. The fraction of sp³-hybridized carbons (Fsp3) is 0.353. The Hall–Kier alpha value is -2.03. The minimum absolute atomic E-state index is 0.0474. The highest BCUT2D eigenvalue weighted by molar-refractivity contribution is 6.05. The van der Waals surface area contributed by atoms with Gasteiger partial charge in [0, 0.05) is 23.1 Å². The van der Waals surface area contributed by atoms with E-state index in [0.717, 1.165) is 22.6 Å². The number of aromatic nitrogens is 1. The van der Waals surface area contributed by atoms with Crippen molar-refractivity contribution in [3.05, 3.63) is 52.8 Å². The number of hydrogen-bond acceptors (Lipinski definition) is 1. The van der Waals surface area contributed by atoms with Gasteiger partial charge < -0.3 is 9.88 Å². The zero-order valence-corrected chi connectivity index (χ0v) is 12.8. The molecule has 0 radical (unpaired) electrons. The summed E-state index contributed by atoms with van der Waals surface area (Å²) in [6.07, 6.45) is 0. The molecule has 3 heteroatoms. The Morgan fingerprint density at radius 3 is 2.20 bits per heavy atom. The molecule has 0 saturated heterocycles. The SMILES string of the molecule is Cc1ccc(NC(=O)c2cc(C)n(C(C)C)c2C)cc1. The first-order valence-corrected chi connectivity index (χ1v) is 6.96. The Morgan fingerprint density at radius 2 is 1.70 bits per heavy atom. The minimum Gasteiger partial charge on any atom is -0.346 e. The van der Waals surface area contributed by atoms with Crippen molar-refractivity contribution < 1.29 is 4.79 Å². The highest BCUT2D eigenvalue weighted by atomic mass is 16.1. The van der Waals surface area contributed by atoms with E-state index in [4.69, 9.17) is 0 Å². The highest BCUT2D eigenvalue weighted by Gasteiger charge is 2.17. The molecule has 0 fully saturated rings. The summed E-state index contributed by atoms with van der Waals surface area (Å²) in [7, 11) is 0. The molecule has 1 amide bonds. The average Bonchev–Trinajstić information content (AvgIpc) is 2.67. The molecule has 1 aromatic carbocycles. The lowest BCUT2D eigenvalue weighted by Gasteiger charge is -2.13. The molecule has 0 unspecified atom stereocenters. The molecule has 0 aliphatic carbocycles. The van der Waals surface area contributed by atoms with E-state index in [1.165, 1.54) is 5.56 Å². The second-order valence-corrected chi connectivity index (χ2v) is 5.57. The summed E-state index contributed by atoms with van der Waals surface area (Å²) in [5.74, 6) is -0.0474. The number of anilines is 1. The molecule has 0 aliphatic heterocycles. The summed E-state index contributed by atoms with van der Waals surface area (Å²) < 4.78 is 2.18. The molecule has 0 spiro atoms. The van der Waals surface area contributed by atoms with Gasteiger partial charge in [0.2, 0.25) is 0 Å². The van der Waals surface area contributed by atoms with E-state index in [1.807, 2.05) is 51.1 Å². The zero-order valence-electron chi connectivity index (χ0n) is 12.8. The number of benzene rings is 1. The van der Waals surface area contributed by atoms with Crippen molar-refractivity contribution in [1.82, 2.24) is 4.57 Å². The van der Waals surface area contributed by atoms with Crippen molar-refractivity contribution in [3.63, 3.8) is 0 Å². The van der Waals surface area contributed by atoms with Crippen molar-refractivity contribution in [3.8, 4) is 0 Å². The Balaban J connectivity index is 2.26. The first-order valence-electron chi connectivity index (χ1n) is 6.96. The van der Waals surface area contributed by atoms with Crippen LogP contribution in [0, 0.1) is 20.8 Å². The third-order valence-corrected chi connectivity index (χ3v) is 3.55. The molecule has 2 aromatic rings. The lowest BCUT2D eigenvalue weighted by molar-refractivity contribution is 0.102. The molecule has 0 bridgehead atoms. The van der Waals surface area contributed by atoms with Crippen molar-refractivity contribution in [2.75, 3.05) is 5.32 Å². The summed E-state index contributed by atoms with van der Waals surface area (Å²) >= 11 is 0. The van der Waals surface area contributed by atoms with Gasteiger partial charge in [-0.15, -0.1) is 0 Å². The van der Waals surface area contributed by atoms with Crippen LogP contribution in [-0.2, 0) is 0 Å². The normalized spacial score (nSPS) is 10.9. The van der Waals surface area contributed by atoms with Crippen LogP contribution < -0.4 is 5.32 Å². The lowest BCUT2D eigenvalue weighted by Crippen LogP contribution is -2.13. The van der Waals surface area contributed by atoms with E-state index in [-0.39, 0.29) is 5.91 Å². The van der Waals surface area contributed by atoms with Crippen molar-refractivity contribution in [2.24, 2.45) is 0 Å².